The Hall–Kier alpha value is -2.86. The van der Waals surface area contributed by atoms with Crippen molar-refractivity contribution in [2.45, 2.75) is 26.4 Å². The fraction of sp³-hybridized carbons (Fsp3) is 0.238. The summed E-state index contributed by atoms with van der Waals surface area (Å²) in [6, 6.07) is 13.7. The van der Waals surface area contributed by atoms with Crippen LogP contribution in [0.1, 0.15) is 21.8 Å². The summed E-state index contributed by atoms with van der Waals surface area (Å²) in [7, 11) is 0. The molecule has 0 saturated carbocycles. The molecule has 138 valence electrons. The maximum absolute atomic E-state index is 12.3. The number of fused-ring (bicyclic) bond motifs is 1. The molecule has 2 aromatic carbocycles. The van der Waals surface area contributed by atoms with Crippen LogP contribution >= 0.6 is 11.3 Å². The third kappa shape index (κ3) is 4.46. The fourth-order valence-corrected chi connectivity index (χ4v) is 3.62. The van der Waals surface area contributed by atoms with Crippen molar-refractivity contribution in [3.63, 3.8) is 0 Å². The maximum atomic E-state index is 12.3. The standard InChI is InChI=1S/C21H20N2O3S/c1-14-2-5-18(6-3-14)26-12-21-23-17(13-27-21)11-20(24)22-16-4-7-19-15(10-16)8-9-25-19/h2-7,10,13H,8-9,11-12H2,1H3,(H,22,24). The Bertz CT molecular complexity index is 950. The number of thiazole rings is 1. The number of anilines is 1. The van der Waals surface area contributed by atoms with Crippen molar-refractivity contribution < 1.29 is 14.3 Å². The number of benzene rings is 2. The number of nitrogens with one attached hydrogen (secondary N) is 1. The Morgan fingerprint density at radius 3 is 2.96 bits per heavy atom. The zero-order chi connectivity index (χ0) is 18.6. The molecule has 0 saturated heterocycles. The number of carbonyl (C=O) groups excluding carboxylic acids is 1. The van der Waals surface area contributed by atoms with Gasteiger partial charge in [-0.2, -0.15) is 0 Å². The van der Waals surface area contributed by atoms with Gasteiger partial charge in [-0.3, -0.25) is 4.79 Å². The first-order valence-corrected chi connectivity index (χ1v) is 9.72. The van der Waals surface area contributed by atoms with Crippen molar-refractivity contribution in [1.29, 1.82) is 0 Å². The monoisotopic (exact) mass is 380 g/mol. The summed E-state index contributed by atoms with van der Waals surface area (Å²) < 4.78 is 11.2. The van der Waals surface area contributed by atoms with Gasteiger partial charge in [-0.05, 0) is 42.8 Å². The summed E-state index contributed by atoms with van der Waals surface area (Å²) >= 11 is 1.50. The molecule has 0 unspecified atom stereocenters. The highest BCUT2D eigenvalue weighted by molar-refractivity contribution is 7.09. The van der Waals surface area contributed by atoms with E-state index in [1.807, 2.05) is 54.8 Å². The average molecular weight is 380 g/mol. The third-order valence-corrected chi connectivity index (χ3v) is 5.17. The van der Waals surface area contributed by atoms with E-state index in [2.05, 4.69) is 10.3 Å². The number of ether oxygens (including phenoxy) is 2. The van der Waals surface area contributed by atoms with Gasteiger partial charge in [0.1, 0.15) is 23.1 Å². The second-order valence-electron chi connectivity index (χ2n) is 6.48. The molecule has 1 aromatic heterocycles. The number of hydrogen-bond donors (Lipinski definition) is 1. The molecule has 1 aliphatic heterocycles. The van der Waals surface area contributed by atoms with Gasteiger partial charge in [-0.25, -0.2) is 4.98 Å². The average Bonchev–Trinajstić information content (AvgIpc) is 3.30. The second-order valence-corrected chi connectivity index (χ2v) is 7.42. The van der Waals surface area contributed by atoms with Crippen LogP contribution in [-0.4, -0.2) is 17.5 Å². The van der Waals surface area contributed by atoms with Gasteiger partial charge in [-0.1, -0.05) is 17.7 Å². The van der Waals surface area contributed by atoms with Crippen LogP contribution in [0.2, 0.25) is 0 Å². The molecule has 0 fully saturated rings. The van der Waals surface area contributed by atoms with Crippen LogP contribution in [0, 0.1) is 6.92 Å². The molecular weight excluding hydrogens is 360 g/mol. The Balaban J connectivity index is 1.30. The zero-order valence-electron chi connectivity index (χ0n) is 15.0. The van der Waals surface area contributed by atoms with Gasteiger partial charge in [0.2, 0.25) is 5.91 Å². The molecule has 1 N–H and O–H groups in total. The van der Waals surface area contributed by atoms with Gasteiger partial charge in [-0.15, -0.1) is 11.3 Å². The lowest BCUT2D eigenvalue weighted by Gasteiger charge is -2.06. The van der Waals surface area contributed by atoms with Crippen molar-refractivity contribution in [3.05, 3.63) is 69.7 Å². The molecule has 4 rings (SSSR count). The number of rotatable bonds is 6. The van der Waals surface area contributed by atoms with Gasteiger partial charge < -0.3 is 14.8 Å². The first-order chi connectivity index (χ1) is 13.2. The molecule has 6 heteroatoms. The predicted octanol–water partition coefficient (Wildman–Crippen LogP) is 4.15. The minimum Gasteiger partial charge on any atom is -0.493 e. The van der Waals surface area contributed by atoms with Gasteiger partial charge in [0, 0.05) is 17.5 Å². The maximum Gasteiger partial charge on any atom is 0.230 e. The van der Waals surface area contributed by atoms with Crippen molar-refractivity contribution in [2.75, 3.05) is 11.9 Å². The first-order valence-electron chi connectivity index (χ1n) is 8.84. The van der Waals surface area contributed by atoms with E-state index in [9.17, 15) is 4.79 Å². The molecular formula is C21H20N2O3S. The molecule has 0 radical (unpaired) electrons. The molecule has 0 spiro atoms. The molecule has 0 atom stereocenters. The van der Waals surface area contributed by atoms with Crippen molar-refractivity contribution >= 4 is 22.9 Å². The Kier molecular flexibility index (Phi) is 5.07. The number of nitrogens with zero attached hydrogens (tertiary/aromatic N) is 1. The first kappa shape index (κ1) is 17.5. The Morgan fingerprint density at radius 2 is 2.11 bits per heavy atom. The van der Waals surface area contributed by atoms with Crippen LogP contribution in [0.4, 0.5) is 5.69 Å². The number of aromatic nitrogens is 1. The lowest BCUT2D eigenvalue weighted by atomic mass is 10.1. The van der Waals surface area contributed by atoms with E-state index in [4.69, 9.17) is 9.47 Å². The summed E-state index contributed by atoms with van der Waals surface area (Å²) in [4.78, 5) is 16.8. The largest absolute Gasteiger partial charge is 0.493 e. The summed E-state index contributed by atoms with van der Waals surface area (Å²) in [5, 5.41) is 5.69. The lowest BCUT2D eigenvalue weighted by molar-refractivity contribution is -0.115. The number of hydrogen-bond acceptors (Lipinski definition) is 5. The molecule has 5 nitrogen and oxygen atoms in total. The van der Waals surface area contributed by atoms with E-state index < -0.39 is 0 Å². The van der Waals surface area contributed by atoms with E-state index in [0.29, 0.717) is 13.2 Å². The van der Waals surface area contributed by atoms with Gasteiger partial charge in [0.25, 0.3) is 0 Å². The SMILES string of the molecule is Cc1ccc(OCc2nc(CC(=O)Nc3ccc4c(c3)CCO4)cs2)cc1. The summed E-state index contributed by atoms with van der Waals surface area (Å²) in [5.74, 6) is 1.64. The van der Waals surface area contributed by atoms with E-state index in [1.165, 1.54) is 16.9 Å². The van der Waals surface area contributed by atoms with Crippen molar-refractivity contribution in [1.82, 2.24) is 4.98 Å². The zero-order valence-corrected chi connectivity index (χ0v) is 15.8. The molecule has 27 heavy (non-hydrogen) atoms. The van der Waals surface area contributed by atoms with Gasteiger partial charge >= 0.3 is 0 Å². The molecule has 0 bridgehead atoms. The van der Waals surface area contributed by atoms with Gasteiger partial charge in [0.15, 0.2) is 0 Å². The van der Waals surface area contributed by atoms with Gasteiger partial charge in [0.05, 0.1) is 18.7 Å². The third-order valence-electron chi connectivity index (χ3n) is 4.30. The fourth-order valence-electron chi connectivity index (χ4n) is 2.91. The summed E-state index contributed by atoms with van der Waals surface area (Å²) in [5.41, 5.74) is 3.88. The van der Waals surface area contributed by atoms with E-state index in [-0.39, 0.29) is 12.3 Å². The highest BCUT2D eigenvalue weighted by Gasteiger charge is 2.14. The Morgan fingerprint density at radius 1 is 1.26 bits per heavy atom. The van der Waals surface area contributed by atoms with Crippen molar-refractivity contribution in [2.24, 2.45) is 0 Å². The normalized spacial score (nSPS) is 12.3. The number of carbonyl (C=O) groups is 1. The van der Waals surface area contributed by atoms with E-state index in [0.717, 1.165) is 39.9 Å². The summed E-state index contributed by atoms with van der Waals surface area (Å²) in [6.45, 7) is 3.15. The Labute approximate surface area is 162 Å². The smallest absolute Gasteiger partial charge is 0.230 e. The minimum atomic E-state index is -0.0785. The van der Waals surface area contributed by atoms with Crippen LogP contribution in [0.3, 0.4) is 0 Å². The van der Waals surface area contributed by atoms with Crippen LogP contribution < -0.4 is 14.8 Å². The number of aryl methyl sites for hydroxylation is 1. The van der Waals surface area contributed by atoms with Crippen LogP contribution in [0.25, 0.3) is 0 Å². The highest BCUT2D eigenvalue weighted by atomic mass is 32.1. The van der Waals surface area contributed by atoms with Crippen LogP contribution in [-0.2, 0) is 24.2 Å². The quantitative estimate of drug-likeness (QED) is 0.698. The second kappa shape index (κ2) is 7.80. The topological polar surface area (TPSA) is 60.5 Å². The lowest BCUT2D eigenvalue weighted by Crippen LogP contribution is -2.14. The molecule has 1 amide bonds. The van der Waals surface area contributed by atoms with E-state index in [1.54, 1.807) is 0 Å². The molecule has 3 aromatic rings. The molecule has 0 aliphatic carbocycles. The predicted molar refractivity (Wildman–Crippen MR) is 106 cm³/mol. The molecule has 2 heterocycles. The van der Waals surface area contributed by atoms with E-state index >= 15 is 0 Å². The van der Waals surface area contributed by atoms with Crippen LogP contribution in [0.5, 0.6) is 11.5 Å². The summed E-state index contributed by atoms with van der Waals surface area (Å²) in [6.07, 6.45) is 1.13. The highest BCUT2D eigenvalue weighted by Crippen LogP contribution is 2.28. The van der Waals surface area contributed by atoms with Crippen molar-refractivity contribution in [3.8, 4) is 11.5 Å². The van der Waals surface area contributed by atoms with Crippen LogP contribution in [0.15, 0.2) is 47.8 Å². The minimum absolute atomic E-state index is 0.0785. The number of amides is 1. The molecule has 1 aliphatic rings.